The number of aryl methyl sites for hydroxylation is 1. The Balaban J connectivity index is 1.77. The number of piperidine rings is 1. The van der Waals surface area contributed by atoms with Crippen LogP contribution in [0.5, 0.6) is 0 Å². The van der Waals surface area contributed by atoms with Crippen LogP contribution in [0.25, 0.3) is 0 Å². The van der Waals surface area contributed by atoms with Gasteiger partial charge >= 0.3 is 0 Å². The van der Waals surface area contributed by atoms with Gasteiger partial charge in [-0.15, -0.1) is 0 Å². The standard InChI is InChI=1S/C17H22N6/c1-22-7-3-4-13(17(22)16-11-20-12-23(16)2)10-21-15-5-6-19-9-14(15)8-18/h5-6,9,11-13,17H,3-4,7,10H2,1-2H3,(H,19,21)/t13-,17+/m0/s1. The van der Waals surface area contributed by atoms with E-state index in [1.807, 2.05) is 25.6 Å². The highest BCUT2D eigenvalue weighted by Crippen LogP contribution is 2.34. The molecule has 0 saturated carbocycles. The maximum absolute atomic E-state index is 9.19. The van der Waals surface area contributed by atoms with Crippen LogP contribution in [0.4, 0.5) is 5.69 Å². The average molecular weight is 310 g/mol. The highest BCUT2D eigenvalue weighted by molar-refractivity contribution is 5.55. The van der Waals surface area contributed by atoms with Gasteiger partial charge in [0, 0.05) is 32.2 Å². The maximum Gasteiger partial charge on any atom is 0.103 e. The van der Waals surface area contributed by atoms with E-state index in [9.17, 15) is 5.26 Å². The fourth-order valence-electron chi connectivity index (χ4n) is 3.47. The fraction of sp³-hybridized carbons (Fsp3) is 0.471. The molecular formula is C17H22N6. The summed E-state index contributed by atoms with van der Waals surface area (Å²) in [5.74, 6) is 0.476. The van der Waals surface area contributed by atoms with Crippen LogP contribution in [0.1, 0.15) is 30.1 Å². The SMILES string of the molecule is CN1CCC[C@@H](CNc2ccncc2C#N)[C@@H]1c1cncn1C. The molecule has 0 bridgehead atoms. The van der Waals surface area contributed by atoms with E-state index in [1.165, 1.54) is 18.5 Å². The van der Waals surface area contributed by atoms with Crippen molar-refractivity contribution in [2.45, 2.75) is 18.9 Å². The molecule has 0 amide bonds. The molecule has 1 aliphatic rings. The molecule has 1 saturated heterocycles. The summed E-state index contributed by atoms with van der Waals surface area (Å²) in [5, 5.41) is 12.6. The molecule has 2 aromatic heterocycles. The normalized spacial score (nSPS) is 21.8. The van der Waals surface area contributed by atoms with Crippen LogP contribution < -0.4 is 5.32 Å². The summed E-state index contributed by atoms with van der Waals surface area (Å²) in [7, 11) is 4.23. The van der Waals surface area contributed by atoms with E-state index in [-0.39, 0.29) is 0 Å². The molecule has 0 spiro atoms. The second-order valence-corrected chi connectivity index (χ2v) is 6.17. The van der Waals surface area contributed by atoms with Gasteiger partial charge in [-0.05, 0) is 38.4 Å². The van der Waals surface area contributed by atoms with E-state index >= 15 is 0 Å². The van der Waals surface area contributed by atoms with Crippen LogP contribution in [0, 0.1) is 17.2 Å². The molecule has 6 nitrogen and oxygen atoms in total. The van der Waals surface area contributed by atoms with E-state index in [2.05, 4.69) is 37.9 Å². The summed E-state index contributed by atoms with van der Waals surface area (Å²) in [4.78, 5) is 10.7. The van der Waals surface area contributed by atoms with Gasteiger partial charge in [-0.2, -0.15) is 5.26 Å². The minimum atomic E-state index is 0.344. The van der Waals surface area contributed by atoms with Crippen molar-refractivity contribution in [2.75, 3.05) is 25.5 Å². The molecule has 6 heteroatoms. The Morgan fingerprint density at radius 1 is 1.35 bits per heavy atom. The fourth-order valence-corrected chi connectivity index (χ4v) is 3.47. The number of nitrogens with zero attached hydrogens (tertiary/aromatic N) is 5. The Hall–Kier alpha value is -2.39. The van der Waals surface area contributed by atoms with E-state index in [0.29, 0.717) is 17.5 Å². The molecule has 23 heavy (non-hydrogen) atoms. The van der Waals surface area contributed by atoms with Crippen molar-refractivity contribution in [3.63, 3.8) is 0 Å². The largest absolute Gasteiger partial charge is 0.384 e. The van der Waals surface area contributed by atoms with Gasteiger partial charge in [0.1, 0.15) is 6.07 Å². The Morgan fingerprint density at radius 3 is 2.96 bits per heavy atom. The number of imidazole rings is 1. The quantitative estimate of drug-likeness (QED) is 0.937. The topological polar surface area (TPSA) is 69.8 Å². The summed E-state index contributed by atoms with van der Waals surface area (Å²) in [6.45, 7) is 1.93. The Labute approximate surface area is 136 Å². The van der Waals surface area contributed by atoms with Crippen molar-refractivity contribution >= 4 is 5.69 Å². The predicted octanol–water partition coefficient (Wildman–Crippen LogP) is 2.18. The Morgan fingerprint density at radius 2 is 2.22 bits per heavy atom. The van der Waals surface area contributed by atoms with Crippen LogP contribution in [0.2, 0.25) is 0 Å². The maximum atomic E-state index is 9.19. The van der Waals surface area contributed by atoms with Crippen LogP contribution in [0.15, 0.2) is 31.0 Å². The van der Waals surface area contributed by atoms with Gasteiger partial charge in [0.05, 0.1) is 29.3 Å². The summed E-state index contributed by atoms with van der Waals surface area (Å²) < 4.78 is 2.10. The van der Waals surface area contributed by atoms with Crippen LogP contribution in [0.3, 0.4) is 0 Å². The first-order valence-corrected chi connectivity index (χ1v) is 7.95. The van der Waals surface area contributed by atoms with Gasteiger partial charge in [-0.1, -0.05) is 0 Å². The molecule has 1 aliphatic heterocycles. The highest BCUT2D eigenvalue weighted by atomic mass is 15.2. The molecule has 0 aromatic carbocycles. The van der Waals surface area contributed by atoms with Crippen LogP contribution in [-0.2, 0) is 7.05 Å². The molecule has 0 radical (unpaired) electrons. The third-order valence-corrected chi connectivity index (χ3v) is 4.66. The van der Waals surface area contributed by atoms with Gasteiger partial charge < -0.3 is 9.88 Å². The first-order chi connectivity index (χ1) is 11.2. The monoisotopic (exact) mass is 310 g/mol. The van der Waals surface area contributed by atoms with Crippen LogP contribution >= 0.6 is 0 Å². The number of aromatic nitrogens is 3. The second-order valence-electron chi connectivity index (χ2n) is 6.17. The third kappa shape index (κ3) is 3.20. The lowest BCUT2D eigenvalue weighted by Crippen LogP contribution is -2.39. The summed E-state index contributed by atoms with van der Waals surface area (Å²) in [6, 6.07) is 4.40. The summed E-state index contributed by atoms with van der Waals surface area (Å²) in [6.07, 6.45) is 9.51. The summed E-state index contributed by atoms with van der Waals surface area (Å²) >= 11 is 0. The smallest absolute Gasteiger partial charge is 0.103 e. The average Bonchev–Trinajstić information content (AvgIpc) is 2.99. The zero-order valence-corrected chi connectivity index (χ0v) is 13.6. The molecular weight excluding hydrogens is 288 g/mol. The molecule has 2 atom stereocenters. The van der Waals surface area contributed by atoms with Gasteiger partial charge in [-0.3, -0.25) is 9.88 Å². The van der Waals surface area contributed by atoms with Crippen molar-refractivity contribution in [3.8, 4) is 6.07 Å². The second kappa shape index (κ2) is 6.80. The zero-order valence-electron chi connectivity index (χ0n) is 13.6. The predicted molar refractivity (Wildman–Crippen MR) is 88.7 cm³/mol. The lowest BCUT2D eigenvalue weighted by molar-refractivity contribution is 0.122. The number of rotatable bonds is 4. The number of anilines is 1. The van der Waals surface area contributed by atoms with E-state index in [1.54, 1.807) is 12.4 Å². The Kier molecular flexibility index (Phi) is 4.58. The molecule has 1 N–H and O–H groups in total. The van der Waals surface area contributed by atoms with Gasteiger partial charge in [0.2, 0.25) is 0 Å². The molecule has 0 unspecified atom stereocenters. The lowest BCUT2D eigenvalue weighted by atomic mass is 9.87. The van der Waals surface area contributed by atoms with Gasteiger partial charge in [0.25, 0.3) is 0 Å². The number of likely N-dealkylation sites (tertiary alicyclic amines) is 1. The lowest BCUT2D eigenvalue weighted by Gasteiger charge is -2.39. The van der Waals surface area contributed by atoms with Crippen molar-refractivity contribution in [1.29, 1.82) is 5.26 Å². The number of hydrogen-bond donors (Lipinski definition) is 1. The minimum absolute atomic E-state index is 0.344. The molecule has 0 aliphatic carbocycles. The highest BCUT2D eigenvalue weighted by Gasteiger charge is 2.32. The Bertz CT molecular complexity index is 701. The van der Waals surface area contributed by atoms with E-state index in [0.717, 1.165) is 18.8 Å². The first kappa shape index (κ1) is 15.5. The molecule has 1 fully saturated rings. The molecule has 3 heterocycles. The van der Waals surface area contributed by atoms with Crippen molar-refractivity contribution < 1.29 is 0 Å². The van der Waals surface area contributed by atoms with E-state index < -0.39 is 0 Å². The molecule has 120 valence electrons. The summed E-state index contributed by atoms with van der Waals surface area (Å²) in [5.41, 5.74) is 2.70. The van der Waals surface area contributed by atoms with Crippen LogP contribution in [-0.4, -0.2) is 39.6 Å². The van der Waals surface area contributed by atoms with Gasteiger partial charge in [-0.25, -0.2) is 4.98 Å². The van der Waals surface area contributed by atoms with E-state index in [4.69, 9.17) is 0 Å². The minimum Gasteiger partial charge on any atom is -0.384 e. The number of hydrogen-bond acceptors (Lipinski definition) is 5. The third-order valence-electron chi connectivity index (χ3n) is 4.66. The first-order valence-electron chi connectivity index (χ1n) is 7.95. The van der Waals surface area contributed by atoms with Crippen molar-refractivity contribution in [3.05, 3.63) is 42.2 Å². The zero-order chi connectivity index (χ0) is 16.2. The molecule has 3 rings (SSSR count). The van der Waals surface area contributed by atoms with Crippen molar-refractivity contribution in [2.24, 2.45) is 13.0 Å². The van der Waals surface area contributed by atoms with Crippen molar-refractivity contribution in [1.82, 2.24) is 19.4 Å². The van der Waals surface area contributed by atoms with Gasteiger partial charge in [0.15, 0.2) is 0 Å². The number of nitrogens with one attached hydrogen (secondary N) is 1. The molecule has 2 aromatic rings. The number of pyridine rings is 1. The number of nitriles is 1.